The molecule has 0 fully saturated rings. The molecule has 0 bridgehead atoms. The molecular weight excluding hydrogens is 719 g/mol. The number of rotatable bonds is 4. The Labute approximate surface area is 264 Å². The minimum absolute atomic E-state index is 0. The van der Waals surface area contributed by atoms with E-state index in [0.717, 1.165) is 23.1 Å². The number of imidazole rings is 1. The third kappa shape index (κ3) is 6.85. The number of pyridine rings is 2. The molecule has 3 aromatic heterocycles. The number of aryl methyl sites for hydroxylation is 5. The second kappa shape index (κ2) is 13.8. The predicted octanol–water partition coefficient (Wildman–Crippen LogP) is 8.77. The van der Waals surface area contributed by atoms with E-state index in [4.69, 9.17) is 4.98 Å². The first-order valence-electron chi connectivity index (χ1n) is 13.6. The number of halogens is 2. The van der Waals surface area contributed by atoms with Gasteiger partial charge in [0.15, 0.2) is 0 Å². The van der Waals surface area contributed by atoms with E-state index in [0.29, 0.717) is 5.69 Å². The van der Waals surface area contributed by atoms with E-state index in [1.165, 1.54) is 45.3 Å². The third-order valence-electron chi connectivity index (χ3n) is 6.98. The van der Waals surface area contributed by atoms with Gasteiger partial charge in [-0.05, 0) is 68.6 Å². The molecular formula is C36H30F2IrN4-2. The van der Waals surface area contributed by atoms with Crippen LogP contribution in [0.2, 0.25) is 0 Å². The van der Waals surface area contributed by atoms with Crippen LogP contribution in [0.4, 0.5) is 8.78 Å². The van der Waals surface area contributed by atoms with Gasteiger partial charge in [0, 0.05) is 43.7 Å². The van der Waals surface area contributed by atoms with Crippen molar-refractivity contribution < 1.29 is 28.9 Å². The molecule has 0 N–H and O–H groups in total. The summed E-state index contributed by atoms with van der Waals surface area (Å²) in [6.07, 6.45) is 3.52. The molecule has 6 rings (SSSR count). The molecule has 7 heteroatoms. The minimum Gasteiger partial charge on any atom is -0.333 e. The van der Waals surface area contributed by atoms with E-state index in [9.17, 15) is 8.78 Å². The van der Waals surface area contributed by atoms with Crippen molar-refractivity contribution in [1.82, 2.24) is 19.5 Å². The van der Waals surface area contributed by atoms with Gasteiger partial charge < -0.3 is 9.55 Å². The largest absolute Gasteiger partial charge is 0.333 e. The van der Waals surface area contributed by atoms with Crippen molar-refractivity contribution in [2.75, 3.05) is 0 Å². The Hall–Kier alpha value is -4.32. The molecule has 43 heavy (non-hydrogen) atoms. The van der Waals surface area contributed by atoms with E-state index in [-0.39, 0.29) is 25.7 Å². The Morgan fingerprint density at radius 2 is 1.44 bits per heavy atom. The standard InChI is InChI=1S/C26H25N2.C10H5F2N2.Ir/c1-17-14-20(4)25(21(5)15-17)28-23(24-18(2)10-9-11-19(24)3)16-27-26(28)22-12-7-6-8-13-22;11-9-5-4-7(10(12)14-9)8-3-1-2-6-13-8;/h6-12,14-16H,1-5H3;1-3,5-6H;/q2*-1;. The number of aromatic nitrogens is 4. The van der Waals surface area contributed by atoms with E-state index in [1.807, 2.05) is 24.4 Å². The molecule has 219 valence electrons. The zero-order chi connectivity index (χ0) is 29.8. The Balaban J connectivity index is 0.000000238. The molecule has 4 nitrogen and oxygen atoms in total. The first-order valence-corrected chi connectivity index (χ1v) is 13.6. The third-order valence-corrected chi connectivity index (χ3v) is 6.98. The number of nitrogens with zero attached hydrogens (tertiary/aromatic N) is 4. The summed E-state index contributed by atoms with van der Waals surface area (Å²) >= 11 is 0. The van der Waals surface area contributed by atoms with E-state index in [1.54, 1.807) is 18.2 Å². The van der Waals surface area contributed by atoms with E-state index < -0.39 is 11.9 Å². The van der Waals surface area contributed by atoms with Crippen molar-refractivity contribution in [1.29, 1.82) is 0 Å². The molecule has 0 aliphatic rings. The average molecular weight is 749 g/mol. The number of hydrogen-bond acceptors (Lipinski definition) is 3. The fourth-order valence-corrected chi connectivity index (χ4v) is 5.28. The molecule has 0 aliphatic heterocycles. The zero-order valence-corrected chi connectivity index (χ0v) is 26.9. The molecule has 0 amide bonds. The van der Waals surface area contributed by atoms with Gasteiger partial charge >= 0.3 is 0 Å². The molecule has 0 atom stereocenters. The monoisotopic (exact) mass is 749 g/mol. The second-order valence-corrected chi connectivity index (χ2v) is 10.2. The number of hydrogen-bond donors (Lipinski definition) is 0. The smallest absolute Gasteiger partial charge is 0.128 e. The van der Waals surface area contributed by atoms with Crippen molar-refractivity contribution in [3.8, 4) is 39.6 Å². The maximum absolute atomic E-state index is 13.1. The maximum Gasteiger partial charge on any atom is 0.128 e. The van der Waals surface area contributed by atoms with Crippen molar-refractivity contribution in [3.05, 3.63) is 143 Å². The van der Waals surface area contributed by atoms with Gasteiger partial charge in [0.05, 0.1) is 11.5 Å². The van der Waals surface area contributed by atoms with Crippen LogP contribution >= 0.6 is 0 Å². The van der Waals surface area contributed by atoms with Crippen LogP contribution in [0.3, 0.4) is 0 Å². The zero-order valence-electron chi connectivity index (χ0n) is 24.5. The Morgan fingerprint density at radius 3 is 2.05 bits per heavy atom. The van der Waals surface area contributed by atoms with Crippen LogP contribution in [-0.4, -0.2) is 19.5 Å². The van der Waals surface area contributed by atoms with Crippen molar-refractivity contribution >= 4 is 0 Å². The van der Waals surface area contributed by atoms with Crippen molar-refractivity contribution in [2.45, 2.75) is 34.6 Å². The maximum atomic E-state index is 13.1. The molecule has 3 aromatic carbocycles. The average Bonchev–Trinajstić information content (AvgIpc) is 3.38. The molecule has 3 heterocycles. The summed E-state index contributed by atoms with van der Waals surface area (Å²) in [6.45, 7) is 10.9. The summed E-state index contributed by atoms with van der Waals surface area (Å²) < 4.78 is 27.9. The molecule has 0 aliphatic carbocycles. The Kier molecular flexibility index (Phi) is 10.1. The van der Waals surface area contributed by atoms with Gasteiger partial charge in [-0.3, -0.25) is 9.97 Å². The predicted molar refractivity (Wildman–Crippen MR) is 163 cm³/mol. The normalized spacial score (nSPS) is 10.5. The van der Waals surface area contributed by atoms with Gasteiger partial charge in [-0.15, -0.1) is 42.0 Å². The second-order valence-electron chi connectivity index (χ2n) is 10.2. The summed E-state index contributed by atoms with van der Waals surface area (Å²) in [6, 6.07) is 30.8. The van der Waals surface area contributed by atoms with Crippen LogP contribution in [0.15, 0.2) is 91.3 Å². The molecule has 0 saturated carbocycles. The number of benzene rings is 3. The van der Waals surface area contributed by atoms with Crippen molar-refractivity contribution in [2.24, 2.45) is 0 Å². The van der Waals surface area contributed by atoms with Crippen LogP contribution in [0.5, 0.6) is 0 Å². The van der Waals surface area contributed by atoms with Crippen molar-refractivity contribution in [3.63, 3.8) is 0 Å². The van der Waals surface area contributed by atoms with Crippen LogP contribution in [-0.2, 0) is 20.1 Å². The van der Waals surface area contributed by atoms with Crippen LogP contribution < -0.4 is 0 Å². The van der Waals surface area contributed by atoms with Gasteiger partial charge in [0.25, 0.3) is 0 Å². The Bertz CT molecular complexity index is 1810. The van der Waals surface area contributed by atoms with Gasteiger partial charge in [-0.2, -0.15) is 0 Å². The molecule has 6 aromatic rings. The summed E-state index contributed by atoms with van der Waals surface area (Å²) in [5, 5.41) is 0. The quantitative estimate of drug-likeness (QED) is 0.134. The summed E-state index contributed by atoms with van der Waals surface area (Å²) in [4.78, 5) is 11.8. The van der Waals surface area contributed by atoms with Gasteiger partial charge in [-0.25, -0.2) is 8.78 Å². The topological polar surface area (TPSA) is 43.6 Å². The summed E-state index contributed by atoms with van der Waals surface area (Å²) in [5.41, 5.74) is 11.3. The minimum atomic E-state index is -0.899. The van der Waals surface area contributed by atoms with E-state index >= 15 is 0 Å². The van der Waals surface area contributed by atoms with E-state index in [2.05, 4.69) is 97.7 Å². The van der Waals surface area contributed by atoms with Crippen LogP contribution in [0.1, 0.15) is 27.8 Å². The fourth-order valence-electron chi connectivity index (χ4n) is 5.28. The molecule has 1 radical (unpaired) electrons. The van der Waals surface area contributed by atoms with Crippen LogP contribution in [0.25, 0.3) is 39.6 Å². The van der Waals surface area contributed by atoms with Gasteiger partial charge in [-0.1, -0.05) is 59.7 Å². The Morgan fingerprint density at radius 1 is 0.744 bits per heavy atom. The molecule has 0 spiro atoms. The summed E-state index contributed by atoms with van der Waals surface area (Å²) in [7, 11) is 0. The first kappa shape index (κ1) is 31.6. The van der Waals surface area contributed by atoms with Crippen LogP contribution in [0, 0.1) is 58.6 Å². The first-order chi connectivity index (χ1) is 20.2. The summed E-state index contributed by atoms with van der Waals surface area (Å²) in [5.74, 6) is -0.862. The SMILES string of the molecule is Cc1cc(C)c(-n2c(-c3c(C)cccc3C)cnc2-c2[c-]cccc2)c(C)c1.Fc1c[c-]c(-c2ccccn2)c(F)n1.[Ir]. The van der Waals surface area contributed by atoms with Gasteiger partial charge in [0.2, 0.25) is 0 Å². The molecule has 0 unspecified atom stereocenters. The van der Waals surface area contributed by atoms with Gasteiger partial charge in [0.1, 0.15) is 11.9 Å². The molecule has 0 saturated heterocycles. The fraction of sp³-hybridized carbons (Fsp3) is 0.139.